The largest absolute Gasteiger partial charge is 0.286 e. The number of hydrogen-bond acceptors (Lipinski definition) is 2. The zero-order valence-corrected chi connectivity index (χ0v) is 9.13. The number of carbonyl (C=O) groups excluding carboxylic acids is 1. The van der Waals surface area contributed by atoms with Gasteiger partial charge in [0, 0.05) is 11.6 Å². The molecule has 0 saturated carbocycles. The SMILES string of the molecule is CCCCCCCCCCC(=O)N=O. The number of carbonyl (C=O) groups is 1. The molecule has 0 rings (SSSR count). The van der Waals surface area contributed by atoms with E-state index in [4.69, 9.17) is 0 Å². The molecule has 0 fully saturated rings. The highest BCUT2D eigenvalue weighted by molar-refractivity contribution is 5.76. The maximum Gasteiger partial charge on any atom is 0.286 e. The normalized spacial score (nSPS) is 10.1. The van der Waals surface area contributed by atoms with Crippen molar-refractivity contribution in [3.8, 4) is 0 Å². The smallest absolute Gasteiger partial charge is 0.269 e. The number of unbranched alkanes of at least 4 members (excludes halogenated alkanes) is 7. The van der Waals surface area contributed by atoms with Crippen LogP contribution in [0.3, 0.4) is 0 Å². The third kappa shape index (κ3) is 9.36. The molecular weight excluding hydrogens is 178 g/mol. The molecule has 82 valence electrons. The molecule has 0 N–H and O–H groups in total. The summed E-state index contributed by atoms with van der Waals surface area (Å²) in [5.74, 6) is -0.504. The summed E-state index contributed by atoms with van der Waals surface area (Å²) >= 11 is 0. The van der Waals surface area contributed by atoms with E-state index in [2.05, 4.69) is 12.1 Å². The Balaban J connectivity index is 2.99. The van der Waals surface area contributed by atoms with Crippen LogP contribution < -0.4 is 0 Å². The second-order valence-corrected chi connectivity index (χ2v) is 3.71. The molecule has 3 nitrogen and oxygen atoms in total. The van der Waals surface area contributed by atoms with Gasteiger partial charge in [0.2, 0.25) is 0 Å². The molecule has 0 bridgehead atoms. The minimum atomic E-state index is -0.504. The summed E-state index contributed by atoms with van der Waals surface area (Å²) in [4.78, 5) is 20.3. The Labute approximate surface area is 86.2 Å². The van der Waals surface area contributed by atoms with Gasteiger partial charge in [-0.3, -0.25) is 4.79 Å². The van der Waals surface area contributed by atoms with Crippen LogP contribution in [0.1, 0.15) is 64.7 Å². The molecule has 0 heterocycles. The molecule has 0 saturated heterocycles. The molecule has 0 aromatic carbocycles. The third-order valence-electron chi connectivity index (χ3n) is 2.35. The number of hydrogen-bond donors (Lipinski definition) is 0. The molecule has 0 spiro atoms. The first kappa shape index (κ1) is 13.3. The monoisotopic (exact) mass is 199 g/mol. The second-order valence-electron chi connectivity index (χ2n) is 3.71. The van der Waals surface area contributed by atoms with Gasteiger partial charge in [-0.2, -0.15) is 0 Å². The zero-order valence-electron chi connectivity index (χ0n) is 9.13. The van der Waals surface area contributed by atoms with Gasteiger partial charge in [-0.05, 0) is 6.42 Å². The standard InChI is InChI=1S/C11H21NO2/c1-2-3-4-5-6-7-8-9-10-11(13)12-14/h2-10H2,1H3. The molecule has 0 aromatic heterocycles. The lowest BCUT2D eigenvalue weighted by Gasteiger charge is -1.99. The van der Waals surface area contributed by atoms with E-state index in [1.165, 1.54) is 38.5 Å². The van der Waals surface area contributed by atoms with Gasteiger partial charge in [0.15, 0.2) is 0 Å². The van der Waals surface area contributed by atoms with Gasteiger partial charge >= 0.3 is 0 Å². The van der Waals surface area contributed by atoms with Crippen molar-refractivity contribution in [2.45, 2.75) is 64.7 Å². The topological polar surface area (TPSA) is 46.5 Å². The van der Waals surface area contributed by atoms with Crippen LogP contribution in [-0.2, 0) is 4.79 Å². The molecule has 0 atom stereocenters. The average Bonchev–Trinajstić information content (AvgIpc) is 2.21. The fourth-order valence-electron chi connectivity index (χ4n) is 1.46. The Hall–Kier alpha value is -0.730. The summed E-state index contributed by atoms with van der Waals surface area (Å²) in [6.07, 6.45) is 9.86. The van der Waals surface area contributed by atoms with Crippen molar-refractivity contribution in [2.75, 3.05) is 0 Å². The fraction of sp³-hybridized carbons (Fsp3) is 0.909. The Kier molecular flexibility index (Phi) is 9.81. The van der Waals surface area contributed by atoms with Gasteiger partial charge < -0.3 is 0 Å². The number of nitrogens with zero attached hydrogens (tertiary/aromatic N) is 1. The Morgan fingerprint density at radius 3 is 1.93 bits per heavy atom. The minimum Gasteiger partial charge on any atom is -0.269 e. The van der Waals surface area contributed by atoms with E-state index in [1.807, 2.05) is 0 Å². The first-order chi connectivity index (χ1) is 6.81. The maximum absolute atomic E-state index is 10.5. The molecule has 3 heteroatoms. The molecule has 0 aromatic rings. The molecule has 14 heavy (non-hydrogen) atoms. The van der Waals surface area contributed by atoms with Crippen LogP contribution in [0.15, 0.2) is 5.18 Å². The Morgan fingerprint density at radius 2 is 1.43 bits per heavy atom. The van der Waals surface area contributed by atoms with Gasteiger partial charge in [-0.15, -0.1) is 4.91 Å². The predicted molar refractivity (Wildman–Crippen MR) is 58.0 cm³/mol. The van der Waals surface area contributed by atoms with E-state index in [-0.39, 0.29) is 0 Å². The van der Waals surface area contributed by atoms with E-state index in [0.29, 0.717) is 6.42 Å². The van der Waals surface area contributed by atoms with Gasteiger partial charge in [0.05, 0.1) is 0 Å². The van der Waals surface area contributed by atoms with E-state index >= 15 is 0 Å². The summed E-state index contributed by atoms with van der Waals surface area (Å²) in [5.41, 5.74) is 0. The minimum absolute atomic E-state index is 0.332. The van der Waals surface area contributed by atoms with Crippen molar-refractivity contribution in [1.82, 2.24) is 0 Å². The van der Waals surface area contributed by atoms with Crippen LogP contribution in [0.5, 0.6) is 0 Å². The zero-order chi connectivity index (χ0) is 10.6. The molecule has 0 aliphatic carbocycles. The molecular formula is C11H21NO2. The summed E-state index contributed by atoms with van der Waals surface area (Å²) in [5, 5.41) is 2.36. The summed E-state index contributed by atoms with van der Waals surface area (Å²) in [7, 11) is 0. The highest BCUT2D eigenvalue weighted by atomic mass is 16.3. The van der Waals surface area contributed by atoms with E-state index in [0.717, 1.165) is 12.8 Å². The van der Waals surface area contributed by atoms with Crippen molar-refractivity contribution in [3.05, 3.63) is 4.91 Å². The second kappa shape index (κ2) is 10.4. The average molecular weight is 199 g/mol. The van der Waals surface area contributed by atoms with Crippen LogP contribution >= 0.6 is 0 Å². The van der Waals surface area contributed by atoms with Gasteiger partial charge in [-0.1, -0.05) is 51.9 Å². The van der Waals surface area contributed by atoms with Crippen molar-refractivity contribution in [3.63, 3.8) is 0 Å². The fourth-order valence-corrected chi connectivity index (χ4v) is 1.46. The molecule has 0 aliphatic heterocycles. The Bertz CT molecular complexity index is 157. The lowest BCUT2D eigenvalue weighted by Crippen LogP contribution is -1.90. The lowest BCUT2D eigenvalue weighted by atomic mass is 10.1. The summed E-state index contributed by atoms with van der Waals surface area (Å²) < 4.78 is 0. The molecule has 0 aliphatic rings. The van der Waals surface area contributed by atoms with Crippen LogP contribution in [0.25, 0.3) is 0 Å². The van der Waals surface area contributed by atoms with E-state index in [9.17, 15) is 9.70 Å². The Morgan fingerprint density at radius 1 is 0.929 bits per heavy atom. The van der Waals surface area contributed by atoms with Gasteiger partial charge in [0.1, 0.15) is 0 Å². The molecule has 0 radical (unpaired) electrons. The first-order valence-corrected chi connectivity index (χ1v) is 5.67. The van der Waals surface area contributed by atoms with Crippen LogP contribution in [-0.4, -0.2) is 5.91 Å². The first-order valence-electron chi connectivity index (χ1n) is 5.67. The number of rotatable bonds is 9. The van der Waals surface area contributed by atoms with Crippen LogP contribution in [0, 0.1) is 4.91 Å². The lowest BCUT2D eigenvalue weighted by molar-refractivity contribution is -0.118. The summed E-state index contributed by atoms with van der Waals surface area (Å²) in [6.45, 7) is 2.21. The van der Waals surface area contributed by atoms with Crippen molar-refractivity contribution in [2.24, 2.45) is 5.18 Å². The number of amides is 1. The predicted octanol–water partition coefficient (Wildman–Crippen LogP) is 3.81. The maximum atomic E-state index is 10.5. The molecule has 1 amide bonds. The van der Waals surface area contributed by atoms with E-state index in [1.54, 1.807) is 0 Å². The van der Waals surface area contributed by atoms with Crippen LogP contribution in [0.2, 0.25) is 0 Å². The van der Waals surface area contributed by atoms with Crippen molar-refractivity contribution < 1.29 is 4.79 Å². The van der Waals surface area contributed by atoms with Crippen molar-refractivity contribution >= 4 is 5.91 Å². The number of nitroso groups, excluding NO2 is 1. The van der Waals surface area contributed by atoms with Gasteiger partial charge in [-0.25, -0.2) is 0 Å². The molecule has 0 unspecified atom stereocenters. The quantitative estimate of drug-likeness (QED) is 0.418. The highest BCUT2D eigenvalue weighted by Crippen LogP contribution is 2.09. The third-order valence-corrected chi connectivity index (χ3v) is 2.35. The summed E-state index contributed by atoms with van der Waals surface area (Å²) in [6, 6.07) is 0. The van der Waals surface area contributed by atoms with Crippen LogP contribution in [0.4, 0.5) is 0 Å². The van der Waals surface area contributed by atoms with Crippen molar-refractivity contribution in [1.29, 1.82) is 0 Å². The van der Waals surface area contributed by atoms with E-state index < -0.39 is 5.91 Å². The van der Waals surface area contributed by atoms with Gasteiger partial charge in [0.25, 0.3) is 5.91 Å². The highest BCUT2D eigenvalue weighted by Gasteiger charge is 1.99.